The number of carbonyl (C=O) groups is 1. The van der Waals surface area contributed by atoms with Gasteiger partial charge in [-0.05, 0) is 12.8 Å². The van der Waals surface area contributed by atoms with Crippen LogP contribution in [-0.4, -0.2) is 29.3 Å². The number of nitrogens with one attached hydrogen (secondary N) is 1. The van der Waals surface area contributed by atoms with E-state index >= 15 is 0 Å². The van der Waals surface area contributed by atoms with Crippen LogP contribution >= 0.6 is 11.6 Å². The number of carbonyl (C=O) groups excluding carboxylic acids is 1. The molecule has 1 aliphatic carbocycles. The van der Waals surface area contributed by atoms with Crippen LogP contribution in [0.25, 0.3) is 0 Å². The van der Waals surface area contributed by atoms with E-state index in [1.807, 2.05) is 0 Å². The lowest BCUT2D eigenvalue weighted by molar-refractivity contribution is -0.174. The van der Waals surface area contributed by atoms with E-state index in [-0.39, 0.29) is 12.8 Å². The molecule has 3 nitrogen and oxygen atoms in total. The van der Waals surface area contributed by atoms with Gasteiger partial charge in [0.05, 0.1) is 0 Å². The molecule has 20 heavy (non-hydrogen) atoms. The van der Waals surface area contributed by atoms with E-state index in [1.54, 1.807) is 0 Å². The van der Waals surface area contributed by atoms with Crippen LogP contribution in [0.5, 0.6) is 0 Å². The van der Waals surface area contributed by atoms with Gasteiger partial charge in [-0.15, -0.1) is 0 Å². The second-order valence-corrected chi connectivity index (χ2v) is 4.73. The van der Waals surface area contributed by atoms with E-state index in [2.05, 4.69) is 5.10 Å². The molecule has 0 bridgehead atoms. The molecule has 1 saturated carbocycles. The number of hydrogen-bond donors (Lipinski definition) is 1. The van der Waals surface area contributed by atoms with E-state index in [0.29, 0.717) is 12.8 Å². The summed E-state index contributed by atoms with van der Waals surface area (Å²) in [5.41, 5.74) is 1.36. The molecule has 0 aromatic carbocycles. The number of halogens is 7. The normalized spacial score (nSPS) is 23.6. The number of alkyl halides is 6. The number of ketones is 1. The van der Waals surface area contributed by atoms with Crippen LogP contribution < -0.4 is 5.43 Å². The highest BCUT2D eigenvalue weighted by Gasteiger charge is 2.48. The molecule has 0 aromatic heterocycles. The molecule has 2 unspecified atom stereocenters. The molecule has 1 N–H and O–H groups in total. The second-order valence-electron chi connectivity index (χ2n) is 4.37. The molecule has 2 atom stereocenters. The van der Waals surface area contributed by atoms with E-state index in [9.17, 15) is 31.1 Å². The average molecular weight is 325 g/mol. The van der Waals surface area contributed by atoms with Gasteiger partial charge >= 0.3 is 12.4 Å². The molecule has 0 heterocycles. The Morgan fingerprint density at radius 3 is 2.30 bits per heavy atom. The molecule has 0 radical (unpaired) electrons. The van der Waals surface area contributed by atoms with Gasteiger partial charge in [0.25, 0.3) is 0 Å². The summed E-state index contributed by atoms with van der Waals surface area (Å²) in [4.78, 5) is 11.5. The van der Waals surface area contributed by atoms with Gasteiger partial charge in [0.15, 0.2) is 0 Å². The van der Waals surface area contributed by atoms with Crippen molar-refractivity contribution in [2.45, 2.75) is 44.1 Å². The van der Waals surface area contributed by atoms with Gasteiger partial charge in [-0.1, -0.05) is 18.0 Å². The third-order valence-electron chi connectivity index (χ3n) is 2.89. The van der Waals surface area contributed by atoms with Gasteiger partial charge < -0.3 is 0 Å². The van der Waals surface area contributed by atoms with E-state index in [0.717, 1.165) is 0 Å². The minimum Gasteiger partial charge on any atom is -0.299 e. The first-order chi connectivity index (χ1) is 9.03. The Kier molecular flexibility index (Phi) is 5.28. The highest BCUT2D eigenvalue weighted by atomic mass is 35.5. The summed E-state index contributed by atoms with van der Waals surface area (Å²) in [6.45, 7) is 0. The molecular weight excluding hydrogens is 314 g/mol. The SMILES string of the molecule is O=C1CCCCC1C(N/N=C(\Cl)C(F)(F)F)C(F)(F)F. The fraction of sp³-hybridized carbons (Fsp3) is 0.800. The van der Waals surface area contributed by atoms with Gasteiger partial charge in [-0.3, -0.25) is 10.2 Å². The van der Waals surface area contributed by atoms with Crippen molar-refractivity contribution in [3.05, 3.63) is 0 Å². The highest BCUT2D eigenvalue weighted by Crippen LogP contribution is 2.33. The van der Waals surface area contributed by atoms with Crippen molar-refractivity contribution in [2.24, 2.45) is 11.0 Å². The highest BCUT2D eigenvalue weighted by molar-refractivity contribution is 6.66. The Bertz CT molecular complexity index is 392. The maximum atomic E-state index is 12.8. The van der Waals surface area contributed by atoms with Crippen molar-refractivity contribution in [2.75, 3.05) is 0 Å². The van der Waals surface area contributed by atoms with Crippen molar-refractivity contribution in [1.82, 2.24) is 5.43 Å². The summed E-state index contributed by atoms with van der Waals surface area (Å²) >= 11 is 4.74. The first-order valence-electron chi connectivity index (χ1n) is 5.69. The zero-order valence-electron chi connectivity index (χ0n) is 9.98. The summed E-state index contributed by atoms with van der Waals surface area (Å²) in [5, 5.41) is 0.558. The summed E-state index contributed by atoms with van der Waals surface area (Å²) in [6, 6.07) is -2.47. The maximum absolute atomic E-state index is 12.8. The molecule has 1 fully saturated rings. The number of hydrogen-bond acceptors (Lipinski definition) is 3. The first-order valence-corrected chi connectivity index (χ1v) is 6.06. The Morgan fingerprint density at radius 1 is 1.25 bits per heavy atom. The minimum absolute atomic E-state index is 0.0182. The Hall–Kier alpha value is -0.990. The van der Waals surface area contributed by atoms with Crippen molar-refractivity contribution < 1.29 is 31.1 Å². The molecule has 0 aromatic rings. The average Bonchev–Trinajstić information content (AvgIpc) is 2.28. The van der Waals surface area contributed by atoms with E-state index in [1.165, 1.54) is 5.43 Å². The summed E-state index contributed by atoms with van der Waals surface area (Å²) in [6.07, 6.45) is -9.12. The molecule has 1 aliphatic rings. The standard InChI is InChI=1S/C10H11ClF6N2O/c11-8(10(15,16)17)19-18-7(9(12,13)14)5-3-1-2-4-6(5)20/h5,7,18H,1-4H2/b19-8-. The van der Waals surface area contributed by atoms with Crippen molar-refractivity contribution in [3.63, 3.8) is 0 Å². The second kappa shape index (κ2) is 6.19. The number of nitrogens with zero attached hydrogens (tertiary/aromatic N) is 1. The molecular formula is C10H11ClF6N2O. The van der Waals surface area contributed by atoms with Crippen molar-refractivity contribution in [1.29, 1.82) is 0 Å². The molecule has 10 heteroatoms. The molecule has 116 valence electrons. The van der Waals surface area contributed by atoms with Gasteiger partial charge in [0, 0.05) is 12.3 Å². The topological polar surface area (TPSA) is 41.5 Å². The number of hydrazone groups is 1. The van der Waals surface area contributed by atoms with Crippen LogP contribution in [0, 0.1) is 5.92 Å². The number of Topliss-reactive ketones (excluding diaryl/α,β-unsaturated/α-hetero) is 1. The third kappa shape index (κ3) is 4.53. The van der Waals surface area contributed by atoms with Crippen molar-refractivity contribution >= 4 is 22.6 Å². The van der Waals surface area contributed by atoms with E-state index < -0.39 is 35.3 Å². The summed E-state index contributed by atoms with van der Waals surface area (Å²) in [7, 11) is 0. The fourth-order valence-corrected chi connectivity index (χ4v) is 1.99. The Morgan fingerprint density at radius 2 is 1.85 bits per heavy atom. The predicted octanol–water partition coefficient (Wildman–Crippen LogP) is 3.38. The summed E-state index contributed by atoms with van der Waals surface area (Å²) in [5.74, 6) is -2.07. The smallest absolute Gasteiger partial charge is 0.299 e. The van der Waals surface area contributed by atoms with Gasteiger partial charge in [0.1, 0.15) is 11.8 Å². The van der Waals surface area contributed by atoms with Crippen molar-refractivity contribution in [3.8, 4) is 0 Å². The lowest BCUT2D eigenvalue weighted by Crippen LogP contribution is -2.49. The Balaban J connectivity index is 2.89. The van der Waals surface area contributed by atoms with E-state index in [4.69, 9.17) is 11.6 Å². The lowest BCUT2D eigenvalue weighted by atomic mass is 9.82. The van der Waals surface area contributed by atoms with Gasteiger partial charge in [-0.2, -0.15) is 31.4 Å². The first kappa shape index (κ1) is 17.1. The predicted molar refractivity (Wildman–Crippen MR) is 59.3 cm³/mol. The molecule has 0 aliphatic heterocycles. The molecule has 0 saturated heterocycles. The largest absolute Gasteiger partial charge is 0.446 e. The van der Waals surface area contributed by atoms with Crippen LogP contribution in [0.2, 0.25) is 0 Å². The number of rotatable bonds is 3. The van der Waals surface area contributed by atoms with Gasteiger partial charge in [-0.25, -0.2) is 0 Å². The fourth-order valence-electron chi connectivity index (χ4n) is 1.94. The zero-order chi connectivity index (χ0) is 15.6. The van der Waals surface area contributed by atoms with Crippen LogP contribution in [0.15, 0.2) is 5.10 Å². The molecule has 0 spiro atoms. The monoisotopic (exact) mass is 324 g/mol. The Labute approximate surface area is 115 Å². The minimum atomic E-state index is -5.04. The van der Waals surface area contributed by atoms with Crippen LogP contribution in [-0.2, 0) is 4.79 Å². The zero-order valence-corrected chi connectivity index (χ0v) is 10.7. The third-order valence-corrected chi connectivity index (χ3v) is 3.19. The molecule has 0 amide bonds. The van der Waals surface area contributed by atoms with Crippen LogP contribution in [0.3, 0.4) is 0 Å². The lowest BCUT2D eigenvalue weighted by Gasteiger charge is -2.30. The molecule has 1 rings (SSSR count). The quantitative estimate of drug-likeness (QED) is 0.491. The maximum Gasteiger partial charge on any atom is 0.446 e. The summed E-state index contributed by atoms with van der Waals surface area (Å²) < 4.78 is 74.6. The van der Waals surface area contributed by atoms with Crippen LogP contribution in [0.4, 0.5) is 26.3 Å². The van der Waals surface area contributed by atoms with Crippen LogP contribution in [0.1, 0.15) is 25.7 Å². The van der Waals surface area contributed by atoms with Gasteiger partial charge in [0.2, 0.25) is 5.17 Å².